The molecule has 1 aromatic heterocycles. The molecule has 0 fully saturated rings. The Balaban J connectivity index is 2.85. The second-order valence-electron chi connectivity index (χ2n) is 4.51. The van der Waals surface area contributed by atoms with Gasteiger partial charge in [-0.05, 0) is 18.2 Å². The predicted octanol–water partition coefficient (Wildman–Crippen LogP) is 1.81. The van der Waals surface area contributed by atoms with Crippen LogP contribution in [0.5, 0.6) is 0 Å². The van der Waals surface area contributed by atoms with Crippen molar-refractivity contribution in [3.8, 4) is 17.2 Å². The van der Waals surface area contributed by atoms with Crippen LogP contribution in [-0.4, -0.2) is 32.7 Å². The zero-order chi connectivity index (χ0) is 16.3. The fraction of sp³-hybridized carbons (Fsp3) is 0.133. The van der Waals surface area contributed by atoms with Crippen molar-refractivity contribution in [2.75, 3.05) is 13.4 Å². The van der Waals surface area contributed by atoms with Crippen molar-refractivity contribution in [1.82, 2.24) is 4.98 Å². The summed E-state index contributed by atoms with van der Waals surface area (Å²) in [5.74, 6) is -0.765. The van der Waals surface area contributed by atoms with Crippen LogP contribution in [0.2, 0.25) is 0 Å². The van der Waals surface area contributed by atoms with Gasteiger partial charge in [0.05, 0.1) is 23.1 Å². The Kier molecular flexibility index (Phi) is 4.24. The minimum Gasteiger partial charge on any atom is -0.465 e. The van der Waals surface area contributed by atoms with Crippen LogP contribution < -0.4 is 0 Å². The van der Waals surface area contributed by atoms with E-state index < -0.39 is 15.8 Å². The summed E-state index contributed by atoms with van der Waals surface area (Å²) in [7, 11) is -2.45. The molecule has 1 heterocycles. The van der Waals surface area contributed by atoms with Gasteiger partial charge in [0, 0.05) is 29.8 Å². The zero-order valence-corrected chi connectivity index (χ0v) is 12.7. The van der Waals surface area contributed by atoms with Gasteiger partial charge in [-0.15, -0.1) is 0 Å². The van der Waals surface area contributed by atoms with Crippen LogP contribution in [0.1, 0.15) is 15.9 Å². The molecule has 112 valence electrons. The Morgan fingerprint density at radius 2 is 2.09 bits per heavy atom. The first-order valence-electron chi connectivity index (χ1n) is 6.15. The van der Waals surface area contributed by atoms with E-state index in [1.54, 1.807) is 18.3 Å². The van der Waals surface area contributed by atoms with Crippen LogP contribution in [0.15, 0.2) is 41.6 Å². The first-order chi connectivity index (χ1) is 10.4. The van der Waals surface area contributed by atoms with Gasteiger partial charge < -0.3 is 4.74 Å². The highest BCUT2D eigenvalue weighted by atomic mass is 32.2. The molecule has 1 aromatic carbocycles. The van der Waals surface area contributed by atoms with Crippen LogP contribution >= 0.6 is 0 Å². The second kappa shape index (κ2) is 5.95. The normalized spacial score (nSPS) is 10.8. The smallest absolute Gasteiger partial charge is 0.339 e. The Morgan fingerprint density at radius 3 is 2.59 bits per heavy atom. The number of sulfone groups is 1. The molecular weight excluding hydrogens is 304 g/mol. The van der Waals surface area contributed by atoms with E-state index in [1.807, 2.05) is 6.07 Å². The minimum absolute atomic E-state index is 0.0399. The molecule has 0 aliphatic rings. The topological polar surface area (TPSA) is 97.1 Å². The van der Waals surface area contributed by atoms with Gasteiger partial charge >= 0.3 is 5.97 Å². The van der Waals surface area contributed by atoms with Gasteiger partial charge in [0.1, 0.15) is 6.07 Å². The van der Waals surface area contributed by atoms with Crippen molar-refractivity contribution in [2.45, 2.75) is 4.90 Å². The van der Waals surface area contributed by atoms with E-state index in [-0.39, 0.29) is 16.0 Å². The van der Waals surface area contributed by atoms with E-state index in [2.05, 4.69) is 9.72 Å². The third kappa shape index (κ3) is 2.97. The monoisotopic (exact) mass is 316 g/mol. The molecule has 22 heavy (non-hydrogen) atoms. The number of methoxy groups -OCH3 is 1. The number of benzene rings is 1. The molecule has 6 nitrogen and oxygen atoms in total. The number of nitriles is 1. The molecule has 0 atom stereocenters. The number of aromatic nitrogens is 1. The highest BCUT2D eigenvalue weighted by Gasteiger charge is 2.22. The summed E-state index contributed by atoms with van der Waals surface area (Å²) in [6.45, 7) is 0. The number of carbonyl (C=O) groups excluding carboxylic acids is 1. The van der Waals surface area contributed by atoms with Crippen LogP contribution in [0.3, 0.4) is 0 Å². The van der Waals surface area contributed by atoms with Crippen molar-refractivity contribution in [2.24, 2.45) is 0 Å². The van der Waals surface area contributed by atoms with Gasteiger partial charge in [-0.1, -0.05) is 6.07 Å². The van der Waals surface area contributed by atoms with Crippen LogP contribution in [0.4, 0.5) is 0 Å². The Hall–Kier alpha value is -2.72. The number of ether oxygens (including phenoxy) is 1. The molecule has 0 radical (unpaired) electrons. The molecule has 2 rings (SSSR count). The first-order valence-corrected chi connectivity index (χ1v) is 8.04. The summed E-state index contributed by atoms with van der Waals surface area (Å²) in [4.78, 5) is 15.6. The van der Waals surface area contributed by atoms with E-state index in [0.29, 0.717) is 11.1 Å². The Labute approximate surface area is 127 Å². The van der Waals surface area contributed by atoms with Crippen molar-refractivity contribution in [3.05, 3.63) is 47.8 Å². The fourth-order valence-corrected chi connectivity index (χ4v) is 2.91. The molecule has 0 saturated heterocycles. The zero-order valence-electron chi connectivity index (χ0n) is 11.9. The average Bonchev–Trinajstić information content (AvgIpc) is 2.52. The Bertz CT molecular complexity index is 868. The third-order valence-corrected chi connectivity index (χ3v) is 4.15. The highest BCUT2D eigenvalue weighted by Crippen LogP contribution is 2.30. The molecule has 0 amide bonds. The van der Waals surface area contributed by atoms with Crippen molar-refractivity contribution in [1.29, 1.82) is 5.26 Å². The van der Waals surface area contributed by atoms with E-state index >= 15 is 0 Å². The molecule has 2 aromatic rings. The number of hydrogen-bond donors (Lipinski definition) is 0. The van der Waals surface area contributed by atoms with Gasteiger partial charge in [0.25, 0.3) is 0 Å². The molecule has 0 N–H and O–H groups in total. The number of pyridine rings is 1. The van der Waals surface area contributed by atoms with Crippen LogP contribution in [0, 0.1) is 11.3 Å². The number of rotatable bonds is 3. The summed E-state index contributed by atoms with van der Waals surface area (Å²) in [6, 6.07) is 7.74. The number of hydrogen-bond acceptors (Lipinski definition) is 6. The molecular formula is C15H12N2O4S. The van der Waals surface area contributed by atoms with Crippen molar-refractivity contribution < 1.29 is 17.9 Å². The SMILES string of the molecule is COC(=O)c1cc(S(C)(=O)=O)c(-c2cccnc2)cc1C#N. The summed E-state index contributed by atoms with van der Waals surface area (Å²) in [5, 5.41) is 9.21. The van der Waals surface area contributed by atoms with Crippen molar-refractivity contribution in [3.63, 3.8) is 0 Å². The van der Waals surface area contributed by atoms with Crippen molar-refractivity contribution >= 4 is 15.8 Å². The van der Waals surface area contributed by atoms with Gasteiger partial charge in [-0.25, -0.2) is 13.2 Å². The lowest BCUT2D eigenvalue weighted by atomic mass is 10.0. The summed E-state index contributed by atoms with van der Waals surface area (Å²) in [6.07, 6.45) is 4.08. The minimum atomic E-state index is -3.62. The predicted molar refractivity (Wildman–Crippen MR) is 78.8 cm³/mol. The molecule has 0 spiro atoms. The average molecular weight is 316 g/mol. The maximum absolute atomic E-state index is 12.0. The first kappa shape index (κ1) is 15.7. The summed E-state index contributed by atoms with van der Waals surface area (Å²) >= 11 is 0. The van der Waals surface area contributed by atoms with Gasteiger partial charge in [-0.3, -0.25) is 4.98 Å². The van der Waals surface area contributed by atoms with Gasteiger partial charge in [0.15, 0.2) is 9.84 Å². The number of carbonyl (C=O) groups is 1. The van der Waals surface area contributed by atoms with Gasteiger partial charge in [0.2, 0.25) is 0 Å². The summed E-state index contributed by atoms with van der Waals surface area (Å²) < 4.78 is 28.7. The molecule has 0 aliphatic heterocycles. The maximum atomic E-state index is 12.0. The molecule has 0 bridgehead atoms. The molecule has 0 aliphatic carbocycles. The van der Waals surface area contributed by atoms with E-state index in [0.717, 1.165) is 6.26 Å². The van der Waals surface area contributed by atoms with E-state index in [4.69, 9.17) is 0 Å². The lowest BCUT2D eigenvalue weighted by Gasteiger charge is -2.11. The van der Waals surface area contributed by atoms with E-state index in [1.165, 1.54) is 25.4 Å². The molecule has 0 saturated carbocycles. The molecule has 0 unspecified atom stereocenters. The quantitative estimate of drug-likeness (QED) is 0.801. The lowest BCUT2D eigenvalue weighted by Crippen LogP contribution is -2.09. The lowest BCUT2D eigenvalue weighted by molar-refractivity contribution is 0.0600. The highest BCUT2D eigenvalue weighted by molar-refractivity contribution is 7.90. The van der Waals surface area contributed by atoms with Crippen LogP contribution in [0.25, 0.3) is 11.1 Å². The third-order valence-electron chi connectivity index (χ3n) is 3.02. The van der Waals surface area contributed by atoms with E-state index in [9.17, 15) is 18.5 Å². The molecule has 7 heteroatoms. The number of esters is 1. The Morgan fingerprint density at radius 1 is 1.36 bits per heavy atom. The summed E-state index contributed by atoms with van der Waals surface area (Å²) in [5.41, 5.74) is 0.812. The largest absolute Gasteiger partial charge is 0.465 e. The fourth-order valence-electron chi connectivity index (χ4n) is 2.01. The second-order valence-corrected chi connectivity index (χ2v) is 6.50. The maximum Gasteiger partial charge on any atom is 0.339 e. The number of nitrogens with zero attached hydrogens (tertiary/aromatic N) is 2. The van der Waals surface area contributed by atoms with Crippen LogP contribution in [-0.2, 0) is 14.6 Å². The van der Waals surface area contributed by atoms with Gasteiger partial charge in [-0.2, -0.15) is 5.26 Å². The standard InChI is InChI=1S/C15H12N2O4S/c1-21-15(18)13-7-14(22(2,19)20)12(6-11(13)8-16)10-4-3-5-17-9-10/h3-7,9H,1-2H3.